The van der Waals surface area contributed by atoms with E-state index in [-0.39, 0.29) is 0 Å². The van der Waals surface area contributed by atoms with Gasteiger partial charge in [0.15, 0.2) is 11.8 Å². The molecular weight excluding hydrogens is 382 g/mol. The summed E-state index contributed by atoms with van der Waals surface area (Å²) >= 11 is 0. The first-order chi connectivity index (χ1) is 14.6. The average Bonchev–Trinajstić information content (AvgIpc) is 3.36. The highest BCUT2D eigenvalue weighted by Crippen LogP contribution is 2.40. The van der Waals surface area contributed by atoms with Gasteiger partial charge < -0.3 is 24.7 Å². The summed E-state index contributed by atoms with van der Waals surface area (Å²) in [4.78, 5) is 7.25. The van der Waals surface area contributed by atoms with Crippen molar-refractivity contribution in [1.29, 1.82) is 0 Å². The Hall–Kier alpha value is -1.71. The van der Waals surface area contributed by atoms with Crippen LogP contribution in [0.2, 0.25) is 0 Å². The molecule has 0 amide bonds. The maximum Gasteiger partial charge on any atom is 0.191 e. The number of rotatable bonds is 10. The zero-order chi connectivity index (χ0) is 21.2. The van der Waals surface area contributed by atoms with Gasteiger partial charge in [0.25, 0.3) is 0 Å². The molecule has 0 aromatic carbocycles. The monoisotopic (exact) mass is 421 g/mol. The van der Waals surface area contributed by atoms with Crippen molar-refractivity contribution in [3.05, 3.63) is 11.6 Å². The Morgan fingerprint density at radius 3 is 2.63 bits per heavy atom. The SMILES string of the molecule is COCCC1(CNC(=NCc2nnc(C)n2C)NCCN2CCOCC2)CCCC1. The van der Waals surface area contributed by atoms with Gasteiger partial charge in [0.05, 0.1) is 13.2 Å². The van der Waals surface area contributed by atoms with Gasteiger partial charge in [0.1, 0.15) is 12.4 Å². The van der Waals surface area contributed by atoms with Gasteiger partial charge in [-0.25, -0.2) is 4.99 Å². The molecule has 0 unspecified atom stereocenters. The number of hydrogen-bond acceptors (Lipinski definition) is 6. The summed E-state index contributed by atoms with van der Waals surface area (Å²) < 4.78 is 12.8. The normalized spacial score (nSPS) is 19.9. The molecule has 170 valence electrons. The summed E-state index contributed by atoms with van der Waals surface area (Å²) in [5, 5.41) is 15.5. The molecule has 9 nitrogen and oxygen atoms in total. The Labute approximate surface area is 180 Å². The van der Waals surface area contributed by atoms with Crippen molar-refractivity contribution in [2.75, 3.05) is 59.7 Å². The van der Waals surface area contributed by atoms with E-state index in [1.54, 1.807) is 7.11 Å². The fraction of sp³-hybridized carbons (Fsp3) is 0.857. The highest BCUT2D eigenvalue weighted by atomic mass is 16.5. The highest BCUT2D eigenvalue weighted by Gasteiger charge is 2.33. The Bertz CT molecular complexity index is 664. The van der Waals surface area contributed by atoms with E-state index in [9.17, 15) is 0 Å². The van der Waals surface area contributed by atoms with E-state index < -0.39 is 0 Å². The van der Waals surface area contributed by atoms with E-state index in [0.29, 0.717) is 12.0 Å². The summed E-state index contributed by atoms with van der Waals surface area (Å²) in [6, 6.07) is 0. The molecule has 1 aromatic heterocycles. The Kier molecular flexibility index (Phi) is 8.89. The fourth-order valence-electron chi connectivity index (χ4n) is 4.30. The van der Waals surface area contributed by atoms with Gasteiger partial charge in [-0.3, -0.25) is 4.90 Å². The van der Waals surface area contributed by atoms with Crippen LogP contribution in [0.15, 0.2) is 4.99 Å². The second-order valence-corrected chi connectivity index (χ2v) is 8.57. The van der Waals surface area contributed by atoms with Crippen LogP contribution in [-0.2, 0) is 23.1 Å². The second-order valence-electron chi connectivity index (χ2n) is 8.57. The van der Waals surface area contributed by atoms with E-state index in [4.69, 9.17) is 14.5 Å². The lowest BCUT2D eigenvalue weighted by molar-refractivity contribution is 0.0389. The van der Waals surface area contributed by atoms with Gasteiger partial charge >= 0.3 is 0 Å². The van der Waals surface area contributed by atoms with E-state index in [2.05, 4.69) is 25.7 Å². The van der Waals surface area contributed by atoms with Gasteiger partial charge in [0, 0.05) is 53.5 Å². The van der Waals surface area contributed by atoms with E-state index >= 15 is 0 Å². The molecule has 0 radical (unpaired) electrons. The lowest BCUT2D eigenvalue weighted by atomic mass is 9.83. The van der Waals surface area contributed by atoms with Gasteiger partial charge in [-0.2, -0.15) is 0 Å². The molecule has 2 fully saturated rings. The molecule has 9 heteroatoms. The third kappa shape index (κ3) is 6.65. The van der Waals surface area contributed by atoms with Crippen LogP contribution in [0.25, 0.3) is 0 Å². The van der Waals surface area contributed by atoms with Crippen LogP contribution < -0.4 is 10.6 Å². The third-order valence-electron chi connectivity index (χ3n) is 6.52. The molecule has 1 aliphatic carbocycles. The Morgan fingerprint density at radius 1 is 1.20 bits per heavy atom. The van der Waals surface area contributed by atoms with Crippen molar-refractivity contribution in [2.45, 2.75) is 45.6 Å². The molecule has 30 heavy (non-hydrogen) atoms. The number of methoxy groups -OCH3 is 1. The lowest BCUT2D eigenvalue weighted by Gasteiger charge is -2.30. The number of hydrogen-bond donors (Lipinski definition) is 2. The van der Waals surface area contributed by atoms with Crippen molar-refractivity contribution < 1.29 is 9.47 Å². The first kappa shape index (κ1) is 23.0. The molecule has 3 rings (SSSR count). The van der Waals surface area contributed by atoms with Crippen LogP contribution in [-0.4, -0.2) is 85.3 Å². The number of morpholine rings is 1. The van der Waals surface area contributed by atoms with Crippen molar-refractivity contribution in [1.82, 2.24) is 30.3 Å². The molecule has 2 N–H and O–H groups in total. The van der Waals surface area contributed by atoms with Gasteiger partial charge in [-0.05, 0) is 31.6 Å². The van der Waals surface area contributed by atoms with Crippen LogP contribution in [0.3, 0.4) is 0 Å². The van der Waals surface area contributed by atoms with Crippen molar-refractivity contribution in [3.8, 4) is 0 Å². The van der Waals surface area contributed by atoms with Crippen molar-refractivity contribution in [3.63, 3.8) is 0 Å². The molecule has 0 bridgehead atoms. The van der Waals surface area contributed by atoms with Crippen LogP contribution in [0.4, 0.5) is 0 Å². The topological polar surface area (TPSA) is 88.8 Å². The van der Waals surface area contributed by atoms with E-state index in [1.165, 1.54) is 25.7 Å². The number of guanidine groups is 1. The number of aromatic nitrogens is 3. The number of ether oxygens (including phenoxy) is 2. The largest absolute Gasteiger partial charge is 0.385 e. The first-order valence-corrected chi connectivity index (χ1v) is 11.3. The number of aryl methyl sites for hydroxylation is 1. The predicted octanol–water partition coefficient (Wildman–Crippen LogP) is 1.09. The summed E-state index contributed by atoms with van der Waals surface area (Å²) in [6.45, 7) is 9.71. The van der Waals surface area contributed by atoms with Crippen molar-refractivity contribution >= 4 is 5.96 Å². The molecule has 1 saturated carbocycles. The Morgan fingerprint density at radius 2 is 1.97 bits per heavy atom. The van der Waals surface area contributed by atoms with E-state index in [1.807, 2.05) is 18.5 Å². The minimum absolute atomic E-state index is 0.310. The molecule has 1 aliphatic heterocycles. The molecule has 1 aromatic rings. The molecule has 2 heterocycles. The number of aliphatic imine (C=N–C) groups is 1. The maximum absolute atomic E-state index is 5.44. The minimum Gasteiger partial charge on any atom is -0.385 e. The van der Waals surface area contributed by atoms with Crippen molar-refractivity contribution in [2.24, 2.45) is 17.5 Å². The predicted molar refractivity (Wildman–Crippen MR) is 118 cm³/mol. The summed E-state index contributed by atoms with van der Waals surface area (Å²) in [5.41, 5.74) is 0.310. The fourth-order valence-corrected chi connectivity index (χ4v) is 4.30. The number of nitrogens with zero attached hydrogens (tertiary/aromatic N) is 5. The Balaban J connectivity index is 1.58. The average molecular weight is 422 g/mol. The minimum atomic E-state index is 0.310. The van der Waals surface area contributed by atoms with Gasteiger partial charge in [-0.1, -0.05) is 12.8 Å². The van der Waals surface area contributed by atoms with Crippen LogP contribution >= 0.6 is 0 Å². The third-order valence-corrected chi connectivity index (χ3v) is 6.52. The summed E-state index contributed by atoms with van der Waals surface area (Å²) in [7, 11) is 3.77. The smallest absolute Gasteiger partial charge is 0.191 e. The molecule has 0 atom stereocenters. The molecular formula is C21H39N7O2. The zero-order valence-electron chi connectivity index (χ0n) is 19.0. The van der Waals surface area contributed by atoms with Gasteiger partial charge in [-0.15, -0.1) is 10.2 Å². The van der Waals surface area contributed by atoms with Crippen LogP contribution in [0, 0.1) is 12.3 Å². The zero-order valence-corrected chi connectivity index (χ0v) is 19.0. The van der Waals surface area contributed by atoms with E-state index in [0.717, 1.165) is 76.6 Å². The molecule has 2 aliphatic rings. The van der Waals surface area contributed by atoms with Crippen LogP contribution in [0.5, 0.6) is 0 Å². The maximum atomic E-state index is 5.44. The quantitative estimate of drug-likeness (QED) is 0.432. The molecule has 0 spiro atoms. The lowest BCUT2D eigenvalue weighted by Crippen LogP contribution is -2.47. The summed E-state index contributed by atoms with van der Waals surface area (Å²) in [5.74, 6) is 2.63. The van der Waals surface area contributed by atoms with Gasteiger partial charge in [0.2, 0.25) is 0 Å². The standard InChI is InChI=1S/C21H39N7O2/c1-18-25-26-19(27(18)2)16-23-20(22-9-10-28-11-14-30-15-12-28)24-17-21(8-13-29-3)6-4-5-7-21/h4-17H2,1-3H3,(H2,22,23,24). The second kappa shape index (κ2) is 11.6. The summed E-state index contributed by atoms with van der Waals surface area (Å²) in [6.07, 6.45) is 6.22. The first-order valence-electron chi connectivity index (χ1n) is 11.3. The molecule has 1 saturated heterocycles. The highest BCUT2D eigenvalue weighted by molar-refractivity contribution is 5.79. The van der Waals surface area contributed by atoms with Crippen LogP contribution in [0.1, 0.15) is 43.8 Å². The number of nitrogens with one attached hydrogen (secondary N) is 2.